The topological polar surface area (TPSA) is 26.3 Å². The third-order valence-corrected chi connectivity index (χ3v) is 1.43. The van der Waals surface area contributed by atoms with E-state index in [0.29, 0.717) is 6.47 Å². The molecule has 0 aromatic rings. The van der Waals surface area contributed by atoms with Crippen molar-refractivity contribution in [2.45, 2.75) is 31.7 Å². The number of rotatable bonds is 4. The minimum atomic E-state index is -0.135. The molecule has 0 bridgehead atoms. The Hall–Kier alpha value is -0.240. The molecule has 3 heteroatoms. The summed E-state index contributed by atoms with van der Waals surface area (Å²) in [5.74, 6) is 0. The lowest BCUT2D eigenvalue weighted by atomic mass is 10.2. The summed E-state index contributed by atoms with van der Waals surface area (Å²) < 4.78 is 4.64. The molecule has 0 rings (SSSR count). The molecule has 0 saturated carbocycles. The van der Waals surface area contributed by atoms with Crippen LogP contribution in [0.5, 0.6) is 0 Å². The molecule has 0 unspecified atom stereocenters. The number of hydrogen-bond acceptors (Lipinski definition) is 2. The first-order chi connectivity index (χ1) is 4.22. The standard InChI is InChI=1S/C6H11ClO2/c1-3-6(5(2)7)9-4-8/h4-6H,3H2,1-2H3/t5-,6-/m0/s1. The maximum absolute atomic E-state index is 9.80. The van der Waals surface area contributed by atoms with Crippen molar-refractivity contribution < 1.29 is 9.53 Å². The number of halogens is 1. The van der Waals surface area contributed by atoms with Crippen LogP contribution in [-0.4, -0.2) is 18.0 Å². The highest BCUT2D eigenvalue weighted by atomic mass is 35.5. The largest absolute Gasteiger partial charge is 0.463 e. The molecule has 0 N–H and O–H groups in total. The first-order valence-electron chi connectivity index (χ1n) is 2.95. The number of carbonyl (C=O) groups excluding carboxylic acids is 1. The lowest BCUT2D eigenvalue weighted by Crippen LogP contribution is -2.20. The quantitative estimate of drug-likeness (QED) is 0.449. The maximum atomic E-state index is 9.80. The SMILES string of the molecule is CC[C@H](OC=O)[C@H](C)Cl. The predicted molar refractivity (Wildman–Crippen MR) is 36.5 cm³/mol. The van der Waals surface area contributed by atoms with Gasteiger partial charge in [-0.1, -0.05) is 6.92 Å². The molecule has 0 aliphatic heterocycles. The Kier molecular flexibility index (Phi) is 4.50. The van der Waals surface area contributed by atoms with Crippen molar-refractivity contribution in [2.24, 2.45) is 0 Å². The van der Waals surface area contributed by atoms with Gasteiger partial charge in [-0.15, -0.1) is 11.6 Å². The Labute approximate surface area is 60.1 Å². The van der Waals surface area contributed by atoms with Gasteiger partial charge < -0.3 is 4.74 Å². The third kappa shape index (κ3) is 3.36. The first-order valence-corrected chi connectivity index (χ1v) is 3.39. The number of ether oxygens (including phenoxy) is 1. The highest BCUT2D eigenvalue weighted by Crippen LogP contribution is 2.08. The van der Waals surface area contributed by atoms with Gasteiger partial charge in [0.15, 0.2) is 0 Å². The van der Waals surface area contributed by atoms with E-state index in [1.54, 1.807) is 6.92 Å². The van der Waals surface area contributed by atoms with Gasteiger partial charge in [0.05, 0.1) is 5.38 Å². The summed E-state index contributed by atoms with van der Waals surface area (Å²) in [5.41, 5.74) is 0. The molecule has 0 aliphatic rings. The first kappa shape index (κ1) is 8.76. The van der Waals surface area contributed by atoms with E-state index in [4.69, 9.17) is 11.6 Å². The molecule has 2 atom stereocenters. The van der Waals surface area contributed by atoms with Gasteiger partial charge >= 0.3 is 0 Å². The van der Waals surface area contributed by atoms with Crippen LogP contribution in [0.4, 0.5) is 0 Å². The summed E-state index contributed by atoms with van der Waals surface area (Å²) in [6.07, 6.45) is 0.632. The molecule has 0 aromatic carbocycles. The van der Waals surface area contributed by atoms with Crippen LogP contribution < -0.4 is 0 Å². The fourth-order valence-corrected chi connectivity index (χ4v) is 0.838. The molecule has 0 fully saturated rings. The van der Waals surface area contributed by atoms with E-state index >= 15 is 0 Å². The van der Waals surface area contributed by atoms with Gasteiger partial charge in [-0.2, -0.15) is 0 Å². The van der Waals surface area contributed by atoms with Gasteiger partial charge in [0.2, 0.25) is 0 Å². The summed E-state index contributed by atoms with van der Waals surface area (Å²) in [5, 5.41) is -0.0970. The van der Waals surface area contributed by atoms with Gasteiger partial charge in [0, 0.05) is 0 Å². The molecule has 0 aliphatic carbocycles. The minimum Gasteiger partial charge on any atom is -0.463 e. The van der Waals surface area contributed by atoms with Gasteiger partial charge in [0.1, 0.15) is 6.10 Å². The van der Waals surface area contributed by atoms with Crippen molar-refractivity contribution in [3.8, 4) is 0 Å². The van der Waals surface area contributed by atoms with Crippen molar-refractivity contribution in [1.29, 1.82) is 0 Å². The number of alkyl halides is 1. The second-order valence-corrected chi connectivity index (χ2v) is 2.54. The van der Waals surface area contributed by atoms with Crippen molar-refractivity contribution in [3.05, 3.63) is 0 Å². The molecular weight excluding hydrogens is 140 g/mol. The molecule has 9 heavy (non-hydrogen) atoms. The lowest BCUT2D eigenvalue weighted by molar-refractivity contribution is -0.133. The van der Waals surface area contributed by atoms with E-state index < -0.39 is 0 Å². The van der Waals surface area contributed by atoms with E-state index in [2.05, 4.69) is 4.74 Å². The van der Waals surface area contributed by atoms with Crippen LogP contribution in [0.1, 0.15) is 20.3 Å². The molecular formula is C6H11ClO2. The molecule has 0 spiro atoms. The molecule has 0 heterocycles. The van der Waals surface area contributed by atoms with Crippen molar-refractivity contribution in [3.63, 3.8) is 0 Å². The average Bonchev–Trinajstić information content (AvgIpc) is 1.82. The molecule has 2 nitrogen and oxygen atoms in total. The summed E-state index contributed by atoms with van der Waals surface area (Å²) in [4.78, 5) is 9.80. The Morgan fingerprint density at radius 3 is 2.44 bits per heavy atom. The maximum Gasteiger partial charge on any atom is 0.293 e. The van der Waals surface area contributed by atoms with Crippen LogP contribution in [-0.2, 0) is 9.53 Å². The van der Waals surface area contributed by atoms with Crippen molar-refractivity contribution in [2.75, 3.05) is 0 Å². The van der Waals surface area contributed by atoms with Crippen LogP contribution in [0.2, 0.25) is 0 Å². The zero-order valence-corrected chi connectivity index (χ0v) is 6.39. The summed E-state index contributed by atoms with van der Waals surface area (Å²) in [6, 6.07) is 0. The molecule has 0 saturated heterocycles. The Bertz CT molecular complexity index is 83.1. The van der Waals surface area contributed by atoms with Gasteiger partial charge in [-0.25, -0.2) is 0 Å². The summed E-state index contributed by atoms with van der Waals surface area (Å²) in [7, 11) is 0. The monoisotopic (exact) mass is 150 g/mol. The van der Waals surface area contributed by atoms with Crippen LogP contribution >= 0.6 is 11.6 Å². The number of carbonyl (C=O) groups is 1. The molecule has 0 amide bonds. The average molecular weight is 151 g/mol. The second-order valence-electron chi connectivity index (χ2n) is 1.86. The summed E-state index contributed by atoms with van der Waals surface area (Å²) in [6.45, 7) is 4.17. The van der Waals surface area contributed by atoms with Gasteiger partial charge in [-0.05, 0) is 13.3 Å². The van der Waals surface area contributed by atoms with Crippen molar-refractivity contribution in [1.82, 2.24) is 0 Å². The zero-order chi connectivity index (χ0) is 7.28. The molecule has 0 aromatic heterocycles. The van der Waals surface area contributed by atoms with E-state index in [1.165, 1.54) is 0 Å². The predicted octanol–water partition coefficient (Wildman–Crippen LogP) is 1.57. The molecule has 54 valence electrons. The van der Waals surface area contributed by atoms with E-state index in [1.807, 2.05) is 6.92 Å². The highest BCUT2D eigenvalue weighted by molar-refractivity contribution is 6.20. The van der Waals surface area contributed by atoms with Crippen molar-refractivity contribution >= 4 is 18.1 Å². The van der Waals surface area contributed by atoms with Crippen LogP contribution in [0.15, 0.2) is 0 Å². The second kappa shape index (κ2) is 4.62. The Morgan fingerprint density at radius 1 is 1.78 bits per heavy atom. The number of hydrogen-bond donors (Lipinski definition) is 0. The Morgan fingerprint density at radius 2 is 2.33 bits per heavy atom. The highest BCUT2D eigenvalue weighted by Gasteiger charge is 2.12. The van der Waals surface area contributed by atoms with E-state index in [0.717, 1.165) is 6.42 Å². The van der Waals surface area contributed by atoms with E-state index in [-0.39, 0.29) is 11.5 Å². The Balaban J connectivity index is 3.53. The van der Waals surface area contributed by atoms with Crippen LogP contribution in [0.25, 0.3) is 0 Å². The summed E-state index contributed by atoms with van der Waals surface area (Å²) >= 11 is 5.64. The van der Waals surface area contributed by atoms with Gasteiger partial charge in [-0.3, -0.25) is 4.79 Å². The third-order valence-electron chi connectivity index (χ3n) is 1.15. The zero-order valence-electron chi connectivity index (χ0n) is 5.63. The minimum absolute atomic E-state index is 0.0970. The van der Waals surface area contributed by atoms with Gasteiger partial charge in [0.25, 0.3) is 6.47 Å². The fraction of sp³-hybridized carbons (Fsp3) is 0.833. The van der Waals surface area contributed by atoms with Crippen LogP contribution in [0, 0.1) is 0 Å². The normalized spacial score (nSPS) is 16.3. The molecule has 0 radical (unpaired) electrons. The smallest absolute Gasteiger partial charge is 0.293 e. The lowest BCUT2D eigenvalue weighted by Gasteiger charge is -2.13. The fourth-order valence-electron chi connectivity index (χ4n) is 0.601. The van der Waals surface area contributed by atoms with Crippen LogP contribution in [0.3, 0.4) is 0 Å². The van der Waals surface area contributed by atoms with E-state index in [9.17, 15) is 4.79 Å².